The van der Waals surface area contributed by atoms with E-state index in [1.807, 2.05) is 6.07 Å². The van der Waals surface area contributed by atoms with Crippen molar-refractivity contribution in [3.8, 4) is 6.07 Å². The van der Waals surface area contributed by atoms with Crippen LogP contribution in [0.15, 0.2) is 29.6 Å². The number of hydrogen-bond donors (Lipinski definition) is 0. The van der Waals surface area contributed by atoms with Gasteiger partial charge in [-0.25, -0.2) is 9.37 Å². The lowest BCUT2D eigenvalue weighted by Gasteiger charge is -2.07. The summed E-state index contributed by atoms with van der Waals surface area (Å²) in [7, 11) is 0. The zero-order chi connectivity index (χ0) is 13.1. The number of rotatable bonds is 3. The summed E-state index contributed by atoms with van der Waals surface area (Å²) in [5.74, 6) is -2.16. The molecule has 0 amide bonds. The van der Waals surface area contributed by atoms with E-state index in [1.165, 1.54) is 29.5 Å². The van der Waals surface area contributed by atoms with Crippen LogP contribution >= 0.6 is 11.3 Å². The van der Waals surface area contributed by atoms with Crippen LogP contribution in [0.2, 0.25) is 0 Å². The van der Waals surface area contributed by atoms with E-state index in [-0.39, 0.29) is 11.3 Å². The van der Waals surface area contributed by atoms with E-state index < -0.39 is 17.5 Å². The highest BCUT2D eigenvalue weighted by Gasteiger charge is 2.25. The Morgan fingerprint density at radius 2 is 2.22 bits per heavy atom. The third-order valence-corrected chi connectivity index (χ3v) is 3.25. The maximum atomic E-state index is 13.6. The molecule has 1 heterocycles. The van der Waals surface area contributed by atoms with Crippen molar-refractivity contribution in [3.05, 3.63) is 51.7 Å². The fraction of sp³-hybridized carbons (Fsp3) is 0.154. The molecule has 1 unspecified atom stereocenters. The Labute approximate surface area is 108 Å². The summed E-state index contributed by atoms with van der Waals surface area (Å²) >= 11 is 1.32. The summed E-state index contributed by atoms with van der Waals surface area (Å²) in [4.78, 5) is 16.1. The van der Waals surface area contributed by atoms with Crippen molar-refractivity contribution in [2.45, 2.75) is 12.8 Å². The van der Waals surface area contributed by atoms with Gasteiger partial charge in [-0.15, -0.1) is 11.3 Å². The first-order chi connectivity index (χ1) is 8.63. The van der Waals surface area contributed by atoms with Crippen LogP contribution in [0.25, 0.3) is 0 Å². The van der Waals surface area contributed by atoms with Gasteiger partial charge in [0.2, 0.25) is 5.78 Å². The molecular formula is C13H9FN2OS. The fourth-order valence-electron chi connectivity index (χ4n) is 1.60. The largest absolute Gasteiger partial charge is 0.291 e. The smallest absolute Gasteiger partial charge is 0.203 e. The predicted octanol–water partition coefficient (Wildman–Crippen LogP) is 3.08. The molecule has 3 nitrogen and oxygen atoms in total. The number of carbonyl (C=O) groups is 1. The summed E-state index contributed by atoms with van der Waals surface area (Å²) in [6.45, 7) is 1.77. The number of hydrogen-bond acceptors (Lipinski definition) is 4. The van der Waals surface area contributed by atoms with E-state index >= 15 is 0 Å². The van der Waals surface area contributed by atoms with Crippen molar-refractivity contribution in [3.63, 3.8) is 0 Å². The van der Waals surface area contributed by atoms with Gasteiger partial charge in [0.25, 0.3) is 0 Å². The second kappa shape index (κ2) is 5.07. The first-order valence-corrected chi connectivity index (χ1v) is 6.12. The Balaban J connectivity index is 2.39. The molecular weight excluding hydrogens is 251 g/mol. The highest BCUT2D eigenvalue weighted by molar-refractivity contribution is 7.09. The summed E-state index contributed by atoms with van der Waals surface area (Å²) in [5, 5.41) is 11.4. The standard InChI is InChI=1S/C13H9FN2OS/c1-8-16-12(7-18-8)13(17)10(6-15)9-4-2-3-5-11(9)14/h2-5,7,10H,1H3. The minimum Gasteiger partial charge on any atom is -0.291 e. The molecule has 2 rings (SSSR count). The van der Waals surface area contributed by atoms with Gasteiger partial charge >= 0.3 is 0 Å². The fourth-order valence-corrected chi connectivity index (χ4v) is 2.21. The molecule has 0 aliphatic heterocycles. The van der Waals surface area contributed by atoms with Gasteiger partial charge in [0.15, 0.2) is 0 Å². The van der Waals surface area contributed by atoms with Crippen LogP contribution in [0.4, 0.5) is 4.39 Å². The van der Waals surface area contributed by atoms with Gasteiger partial charge in [-0.05, 0) is 13.0 Å². The van der Waals surface area contributed by atoms with Gasteiger partial charge in [0.1, 0.15) is 17.4 Å². The highest BCUT2D eigenvalue weighted by Crippen LogP contribution is 2.23. The topological polar surface area (TPSA) is 53.8 Å². The zero-order valence-corrected chi connectivity index (χ0v) is 10.4. The molecule has 5 heteroatoms. The van der Waals surface area contributed by atoms with E-state index in [1.54, 1.807) is 18.4 Å². The molecule has 1 aromatic heterocycles. The number of aromatic nitrogens is 1. The average Bonchev–Trinajstić information content (AvgIpc) is 2.79. The number of carbonyl (C=O) groups excluding carboxylic acids is 1. The number of nitriles is 1. The Morgan fingerprint density at radius 3 is 2.78 bits per heavy atom. The van der Waals surface area contributed by atoms with E-state index in [9.17, 15) is 9.18 Å². The van der Waals surface area contributed by atoms with Gasteiger partial charge in [0, 0.05) is 10.9 Å². The molecule has 2 aromatic rings. The molecule has 0 fully saturated rings. The average molecular weight is 260 g/mol. The summed E-state index contributed by atoms with van der Waals surface area (Å²) < 4.78 is 13.6. The van der Waals surface area contributed by atoms with Crippen LogP contribution in [-0.2, 0) is 0 Å². The van der Waals surface area contributed by atoms with Gasteiger partial charge < -0.3 is 0 Å². The first-order valence-electron chi connectivity index (χ1n) is 5.24. The molecule has 0 bridgehead atoms. The minimum atomic E-state index is -1.15. The number of nitrogens with zero attached hydrogens (tertiary/aromatic N) is 2. The molecule has 0 aliphatic rings. The maximum Gasteiger partial charge on any atom is 0.203 e. The molecule has 0 N–H and O–H groups in total. The van der Waals surface area contributed by atoms with Gasteiger partial charge in [0.05, 0.1) is 11.1 Å². The van der Waals surface area contributed by atoms with Crippen molar-refractivity contribution in [1.29, 1.82) is 5.26 Å². The monoisotopic (exact) mass is 260 g/mol. The summed E-state index contributed by atoms with van der Waals surface area (Å²) in [5.41, 5.74) is 0.308. The minimum absolute atomic E-state index is 0.0932. The number of thiazole rings is 1. The van der Waals surface area contributed by atoms with Crippen molar-refractivity contribution in [1.82, 2.24) is 4.98 Å². The third-order valence-electron chi connectivity index (χ3n) is 2.48. The maximum absolute atomic E-state index is 13.6. The predicted molar refractivity (Wildman–Crippen MR) is 65.9 cm³/mol. The molecule has 90 valence electrons. The Hall–Kier alpha value is -2.06. The number of halogens is 1. The van der Waals surface area contributed by atoms with E-state index in [0.29, 0.717) is 0 Å². The van der Waals surface area contributed by atoms with Crippen molar-refractivity contribution in [2.75, 3.05) is 0 Å². The van der Waals surface area contributed by atoms with Crippen molar-refractivity contribution >= 4 is 17.1 Å². The third kappa shape index (κ3) is 2.29. The molecule has 0 spiro atoms. The molecule has 1 atom stereocenters. The number of benzene rings is 1. The van der Waals surface area contributed by atoms with Crippen LogP contribution < -0.4 is 0 Å². The second-order valence-electron chi connectivity index (χ2n) is 3.70. The summed E-state index contributed by atoms with van der Waals surface area (Å²) in [6.07, 6.45) is 0. The van der Waals surface area contributed by atoms with Crippen LogP contribution in [0.3, 0.4) is 0 Å². The lowest BCUT2D eigenvalue weighted by atomic mass is 9.94. The number of Topliss-reactive ketones (excluding diaryl/α,β-unsaturated/α-hetero) is 1. The van der Waals surface area contributed by atoms with Crippen molar-refractivity contribution in [2.24, 2.45) is 0 Å². The van der Waals surface area contributed by atoms with Gasteiger partial charge in [-0.1, -0.05) is 18.2 Å². The number of aryl methyl sites for hydroxylation is 1. The first kappa shape index (κ1) is 12.4. The molecule has 1 aromatic carbocycles. The lowest BCUT2D eigenvalue weighted by molar-refractivity contribution is 0.0973. The van der Waals surface area contributed by atoms with Gasteiger partial charge in [-0.2, -0.15) is 5.26 Å². The van der Waals surface area contributed by atoms with Crippen LogP contribution in [0.5, 0.6) is 0 Å². The Kier molecular flexibility index (Phi) is 3.49. The SMILES string of the molecule is Cc1nc(C(=O)C(C#N)c2ccccc2F)cs1. The summed E-state index contributed by atoms with van der Waals surface area (Å²) in [6, 6.07) is 7.64. The molecule has 0 aliphatic carbocycles. The van der Waals surface area contributed by atoms with E-state index in [4.69, 9.17) is 5.26 Å². The highest BCUT2D eigenvalue weighted by atomic mass is 32.1. The lowest BCUT2D eigenvalue weighted by Crippen LogP contribution is -2.13. The van der Waals surface area contributed by atoms with E-state index in [2.05, 4.69) is 4.98 Å². The van der Waals surface area contributed by atoms with Crippen LogP contribution in [0, 0.1) is 24.1 Å². The van der Waals surface area contributed by atoms with Gasteiger partial charge in [-0.3, -0.25) is 4.79 Å². The number of ketones is 1. The quantitative estimate of drug-likeness (QED) is 0.797. The van der Waals surface area contributed by atoms with Crippen LogP contribution in [0.1, 0.15) is 27.0 Å². The second-order valence-corrected chi connectivity index (χ2v) is 4.76. The van der Waals surface area contributed by atoms with Crippen LogP contribution in [-0.4, -0.2) is 10.8 Å². The van der Waals surface area contributed by atoms with E-state index in [0.717, 1.165) is 5.01 Å². The zero-order valence-electron chi connectivity index (χ0n) is 9.55. The molecule has 18 heavy (non-hydrogen) atoms. The molecule has 0 saturated carbocycles. The molecule has 0 radical (unpaired) electrons. The van der Waals surface area contributed by atoms with Crippen molar-refractivity contribution < 1.29 is 9.18 Å². The normalized spacial score (nSPS) is 11.8. The Morgan fingerprint density at radius 1 is 1.50 bits per heavy atom. The molecule has 0 saturated heterocycles. The Bertz CT molecular complexity index is 630.